The first-order valence-electron chi connectivity index (χ1n) is 8.64. The molecule has 0 amide bonds. The van der Waals surface area contributed by atoms with Gasteiger partial charge in [-0.2, -0.15) is 0 Å². The smallest absolute Gasteiger partial charge is 0.151 e. The Morgan fingerprint density at radius 1 is 1.24 bits per heavy atom. The minimum absolute atomic E-state index is 0.325. The third-order valence-corrected chi connectivity index (χ3v) is 7.02. The third-order valence-electron chi connectivity index (χ3n) is 5.19. The van der Waals surface area contributed by atoms with Crippen molar-refractivity contribution in [3.63, 3.8) is 0 Å². The highest BCUT2D eigenvalue weighted by Gasteiger charge is 2.38. The Balaban J connectivity index is 1.95. The predicted molar refractivity (Wildman–Crippen MR) is 88.3 cm³/mol. The van der Waals surface area contributed by atoms with Crippen molar-refractivity contribution >= 4 is 9.84 Å². The van der Waals surface area contributed by atoms with Crippen LogP contribution in [-0.2, 0) is 9.84 Å². The van der Waals surface area contributed by atoms with Crippen LogP contribution in [0.3, 0.4) is 0 Å². The number of rotatable bonds is 8. The second-order valence-electron chi connectivity index (χ2n) is 6.95. The molecule has 4 nitrogen and oxygen atoms in total. The van der Waals surface area contributed by atoms with Crippen molar-refractivity contribution in [3.8, 4) is 0 Å². The Labute approximate surface area is 130 Å². The maximum atomic E-state index is 12.0. The lowest BCUT2D eigenvalue weighted by atomic mass is 9.93. The molecule has 0 radical (unpaired) electrons. The standard InChI is InChI=1S/C16H32N2O2S/c1-4-9-21(19,20)10-8-18-12-15(14-6-7-14)17-11-16(18)13(3)5-2/h13-17H,4-12H2,1-3H3. The van der Waals surface area contributed by atoms with E-state index in [0.717, 1.165) is 31.8 Å². The molecule has 1 aliphatic heterocycles. The second kappa shape index (κ2) is 7.42. The van der Waals surface area contributed by atoms with Crippen molar-refractivity contribution in [2.24, 2.45) is 11.8 Å². The van der Waals surface area contributed by atoms with Gasteiger partial charge in [0.05, 0.1) is 5.75 Å². The molecule has 124 valence electrons. The van der Waals surface area contributed by atoms with E-state index >= 15 is 0 Å². The molecule has 3 unspecified atom stereocenters. The number of nitrogens with zero attached hydrogens (tertiary/aromatic N) is 1. The Hall–Kier alpha value is -0.130. The van der Waals surface area contributed by atoms with E-state index in [2.05, 4.69) is 24.1 Å². The lowest BCUT2D eigenvalue weighted by Gasteiger charge is -2.43. The van der Waals surface area contributed by atoms with Crippen molar-refractivity contribution in [2.45, 2.75) is 58.5 Å². The van der Waals surface area contributed by atoms with Gasteiger partial charge in [0, 0.05) is 37.5 Å². The third kappa shape index (κ3) is 4.93. The fourth-order valence-corrected chi connectivity index (χ4v) is 4.77. The summed E-state index contributed by atoms with van der Waals surface area (Å²) in [4.78, 5) is 2.46. The lowest BCUT2D eigenvalue weighted by molar-refractivity contribution is 0.0919. The molecule has 0 aromatic heterocycles. The van der Waals surface area contributed by atoms with E-state index in [9.17, 15) is 8.42 Å². The molecule has 21 heavy (non-hydrogen) atoms. The monoisotopic (exact) mass is 316 g/mol. The van der Waals surface area contributed by atoms with Gasteiger partial charge in [-0.25, -0.2) is 8.42 Å². The van der Waals surface area contributed by atoms with Crippen LogP contribution in [0.2, 0.25) is 0 Å². The highest BCUT2D eigenvalue weighted by atomic mass is 32.2. The Bertz CT molecular complexity index is 420. The molecule has 1 N–H and O–H groups in total. The zero-order chi connectivity index (χ0) is 15.5. The summed E-state index contributed by atoms with van der Waals surface area (Å²) < 4.78 is 24.0. The molecule has 1 saturated heterocycles. The van der Waals surface area contributed by atoms with Crippen LogP contribution >= 0.6 is 0 Å². The van der Waals surface area contributed by atoms with Crippen LogP contribution in [0.4, 0.5) is 0 Å². The fraction of sp³-hybridized carbons (Fsp3) is 1.00. The number of sulfone groups is 1. The Morgan fingerprint density at radius 3 is 2.52 bits per heavy atom. The highest BCUT2D eigenvalue weighted by Crippen LogP contribution is 2.35. The van der Waals surface area contributed by atoms with Crippen LogP contribution in [-0.4, -0.2) is 56.5 Å². The number of piperazine rings is 1. The van der Waals surface area contributed by atoms with Gasteiger partial charge in [0.25, 0.3) is 0 Å². The summed E-state index contributed by atoms with van der Waals surface area (Å²) in [6, 6.07) is 1.07. The van der Waals surface area contributed by atoms with Crippen LogP contribution in [0.25, 0.3) is 0 Å². The summed E-state index contributed by atoms with van der Waals surface area (Å²) in [5.41, 5.74) is 0. The van der Waals surface area contributed by atoms with E-state index in [0.29, 0.717) is 36.1 Å². The zero-order valence-corrected chi connectivity index (χ0v) is 14.7. The average Bonchev–Trinajstić information content (AvgIpc) is 3.28. The molecule has 1 aliphatic carbocycles. The summed E-state index contributed by atoms with van der Waals surface area (Å²) in [5, 5.41) is 3.71. The van der Waals surface area contributed by atoms with Crippen molar-refractivity contribution < 1.29 is 8.42 Å². The average molecular weight is 317 g/mol. The van der Waals surface area contributed by atoms with Gasteiger partial charge >= 0.3 is 0 Å². The molecule has 2 fully saturated rings. The first-order chi connectivity index (χ1) is 9.96. The minimum atomic E-state index is -2.87. The van der Waals surface area contributed by atoms with Crippen molar-refractivity contribution in [2.75, 3.05) is 31.1 Å². The van der Waals surface area contributed by atoms with Gasteiger partial charge in [-0.1, -0.05) is 27.2 Å². The molecule has 1 heterocycles. The van der Waals surface area contributed by atoms with E-state index in [-0.39, 0.29) is 0 Å². The summed E-state index contributed by atoms with van der Waals surface area (Å²) in [6.07, 6.45) is 4.56. The van der Waals surface area contributed by atoms with E-state index in [4.69, 9.17) is 0 Å². The Kier molecular flexibility index (Phi) is 6.09. The maximum absolute atomic E-state index is 12.0. The second-order valence-corrected chi connectivity index (χ2v) is 9.26. The predicted octanol–water partition coefficient (Wildman–Crippen LogP) is 1.91. The summed E-state index contributed by atoms with van der Waals surface area (Å²) in [7, 11) is -2.87. The van der Waals surface area contributed by atoms with Gasteiger partial charge < -0.3 is 5.32 Å². The van der Waals surface area contributed by atoms with Crippen molar-refractivity contribution in [1.29, 1.82) is 0 Å². The summed E-state index contributed by atoms with van der Waals surface area (Å²) in [6.45, 7) is 9.21. The molecule has 2 rings (SSSR count). The van der Waals surface area contributed by atoms with Crippen molar-refractivity contribution in [1.82, 2.24) is 10.2 Å². The number of nitrogens with one attached hydrogen (secondary N) is 1. The van der Waals surface area contributed by atoms with Crippen LogP contribution < -0.4 is 5.32 Å². The van der Waals surface area contributed by atoms with E-state index in [1.807, 2.05) is 6.92 Å². The topological polar surface area (TPSA) is 49.4 Å². The molecule has 1 saturated carbocycles. The quantitative estimate of drug-likeness (QED) is 0.743. The van der Waals surface area contributed by atoms with E-state index in [1.54, 1.807) is 0 Å². The number of hydrogen-bond acceptors (Lipinski definition) is 4. The van der Waals surface area contributed by atoms with Gasteiger partial charge in [-0.3, -0.25) is 4.90 Å². The van der Waals surface area contributed by atoms with E-state index in [1.165, 1.54) is 12.8 Å². The van der Waals surface area contributed by atoms with E-state index < -0.39 is 9.84 Å². The maximum Gasteiger partial charge on any atom is 0.151 e. The van der Waals surface area contributed by atoms with Gasteiger partial charge in [-0.05, 0) is 31.1 Å². The molecule has 0 aromatic carbocycles. The van der Waals surface area contributed by atoms with Crippen LogP contribution in [0.5, 0.6) is 0 Å². The lowest BCUT2D eigenvalue weighted by Crippen LogP contribution is -2.59. The largest absolute Gasteiger partial charge is 0.311 e. The molecule has 0 aromatic rings. The van der Waals surface area contributed by atoms with Gasteiger partial charge in [0.2, 0.25) is 0 Å². The molecule has 2 aliphatic rings. The molecule has 0 bridgehead atoms. The summed E-state index contributed by atoms with van der Waals surface area (Å²) in [5.74, 6) is 2.11. The molecule has 5 heteroatoms. The fourth-order valence-electron chi connectivity index (χ4n) is 3.43. The minimum Gasteiger partial charge on any atom is -0.311 e. The summed E-state index contributed by atoms with van der Waals surface area (Å²) >= 11 is 0. The van der Waals surface area contributed by atoms with Crippen LogP contribution in [0, 0.1) is 11.8 Å². The highest BCUT2D eigenvalue weighted by molar-refractivity contribution is 7.91. The molecular weight excluding hydrogens is 284 g/mol. The van der Waals surface area contributed by atoms with Gasteiger partial charge in [0.15, 0.2) is 9.84 Å². The van der Waals surface area contributed by atoms with Gasteiger partial charge in [0.1, 0.15) is 0 Å². The first kappa shape index (κ1) is 17.2. The first-order valence-corrected chi connectivity index (χ1v) is 10.5. The molecular formula is C16H32N2O2S. The Morgan fingerprint density at radius 2 is 1.95 bits per heavy atom. The van der Waals surface area contributed by atoms with Crippen molar-refractivity contribution in [3.05, 3.63) is 0 Å². The number of hydrogen-bond donors (Lipinski definition) is 1. The van der Waals surface area contributed by atoms with Crippen LogP contribution in [0.1, 0.15) is 46.5 Å². The molecule has 3 atom stereocenters. The SMILES string of the molecule is CCCS(=O)(=O)CCN1CC(C2CC2)NCC1C(C)CC. The van der Waals surface area contributed by atoms with Crippen LogP contribution in [0.15, 0.2) is 0 Å². The molecule has 0 spiro atoms. The van der Waals surface area contributed by atoms with Gasteiger partial charge in [-0.15, -0.1) is 0 Å². The zero-order valence-electron chi connectivity index (χ0n) is 13.8. The normalized spacial score (nSPS) is 29.5.